The minimum atomic E-state index is 0.838. The van der Waals surface area contributed by atoms with Crippen LogP contribution in [-0.4, -0.2) is 23.8 Å². The molecular formula is C18H18N2O2S. The summed E-state index contributed by atoms with van der Waals surface area (Å²) in [5.74, 6) is 2.56. The van der Waals surface area contributed by atoms with Crippen LogP contribution in [0.2, 0.25) is 0 Å². The monoisotopic (exact) mass is 326 g/mol. The average Bonchev–Trinajstić information content (AvgIpc) is 3.09. The number of hydrogen-bond acceptors (Lipinski definition) is 4. The number of ether oxygens (including phenoxy) is 2. The number of hydrogen-bond donors (Lipinski definition) is 0. The Labute approximate surface area is 140 Å². The summed E-state index contributed by atoms with van der Waals surface area (Å²) >= 11 is 1.70. The van der Waals surface area contributed by atoms with E-state index in [9.17, 15) is 0 Å². The van der Waals surface area contributed by atoms with Gasteiger partial charge in [0, 0.05) is 23.8 Å². The molecular weight excluding hydrogens is 308 g/mol. The van der Waals surface area contributed by atoms with Gasteiger partial charge in [0.15, 0.2) is 5.16 Å². The van der Waals surface area contributed by atoms with E-state index < -0.39 is 0 Å². The molecule has 0 atom stereocenters. The Morgan fingerprint density at radius 1 is 1.00 bits per heavy atom. The van der Waals surface area contributed by atoms with E-state index in [-0.39, 0.29) is 0 Å². The molecule has 0 aliphatic heterocycles. The van der Waals surface area contributed by atoms with Crippen molar-refractivity contribution < 1.29 is 9.47 Å². The minimum Gasteiger partial charge on any atom is -0.497 e. The predicted octanol–water partition coefficient (Wildman–Crippen LogP) is 4.18. The number of benzene rings is 2. The Kier molecular flexibility index (Phi) is 4.88. The predicted molar refractivity (Wildman–Crippen MR) is 92.7 cm³/mol. The highest BCUT2D eigenvalue weighted by Crippen LogP contribution is 2.26. The summed E-state index contributed by atoms with van der Waals surface area (Å²) in [5, 5.41) is 0.956. The maximum atomic E-state index is 5.26. The van der Waals surface area contributed by atoms with Gasteiger partial charge in [0.25, 0.3) is 0 Å². The van der Waals surface area contributed by atoms with Crippen molar-refractivity contribution in [3.8, 4) is 17.2 Å². The minimum absolute atomic E-state index is 0.838. The van der Waals surface area contributed by atoms with Gasteiger partial charge in [-0.2, -0.15) is 0 Å². The Morgan fingerprint density at radius 3 is 2.52 bits per heavy atom. The standard InChI is InChI=1S/C18H18N2O2S/c1-21-16-8-6-15(7-9-16)20-11-10-19-18(20)23-13-14-4-3-5-17(12-14)22-2/h3-12H,13H2,1-2H3. The molecule has 1 heterocycles. The molecule has 0 aliphatic rings. The van der Waals surface area contributed by atoms with Crippen molar-refractivity contribution in [3.63, 3.8) is 0 Å². The highest BCUT2D eigenvalue weighted by molar-refractivity contribution is 7.98. The average molecular weight is 326 g/mol. The van der Waals surface area contributed by atoms with E-state index in [0.717, 1.165) is 28.1 Å². The van der Waals surface area contributed by atoms with Crippen LogP contribution in [0.4, 0.5) is 0 Å². The first-order valence-corrected chi connectivity index (χ1v) is 8.22. The number of thioether (sulfide) groups is 1. The fraction of sp³-hybridized carbons (Fsp3) is 0.167. The lowest BCUT2D eigenvalue weighted by Gasteiger charge is -2.09. The number of imidazole rings is 1. The third-order valence-corrected chi connectivity index (χ3v) is 4.50. The van der Waals surface area contributed by atoms with Crippen molar-refractivity contribution in [1.82, 2.24) is 9.55 Å². The smallest absolute Gasteiger partial charge is 0.172 e. The fourth-order valence-electron chi connectivity index (χ4n) is 2.25. The Bertz CT molecular complexity index is 769. The lowest BCUT2D eigenvalue weighted by atomic mass is 10.2. The fourth-order valence-corrected chi connectivity index (χ4v) is 3.16. The van der Waals surface area contributed by atoms with E-state index in [2.05, 4.69) is 15.6 Å². The van der Waals surface area contributed by atoms with Gasteiger partial charge in [-0.05, 0) is 42.0 Å². The molecule has 118 valence electrons. The molecule has 4 nitrogen and oxygen atoms in total. The van der Waals surface area contributed by atoms with Crippen LogP contribution in [-0.2, 0) is 5.75 Å². The molecule has 3 aromatic rings. The van der Waals surface area contributed by atoms with Crippen LogP contribution in [0.5, 0.6) is 11.5 Å². The van der Waals surface area contributed by atoms with Gasteiger partial charge in [-0.15, -0.1) is 0 Å². The van der Waals surface area contributed by atoms with Gasteiger partial charge in [-0.1, -0.05) is 23.9 Å². The highest BCUT2D eigenvalue weighted by atomic mass is 32.2. The Balaban J connectivity index is 1.75. The van der Waals surface area contributed by atoms with Gasteiger partial charge in [-0.25, -0.2) is 4.98 Å². The number of nitrogens with zero attached hydrogens (tertiary/aromatic N) is 2. The van der Waals surface area contributed by atoms with E-state index in [0.29, 0.717) is 0 Å². The lowest BCUT2D eigenvalue weighted by molar-refractivity contribution is 0.414. The summed E-state index contributed by atoms with van der Waals surface area (Å²) in [7, 11) is 3.35. The van der Waals surface area contributed by atoms with Crippen LogP contribution in [0.15, 0.2) is 66.1 Å². The summed E-state index contributed by atoms with van der Waals surface area (Å²) in [4.78, 5) is 4.46. The molecule has 1 aromatic heterocycles. The molecule has 0 spiro atoms. The van der Waals surface area contributed by atoms with Crippen molar-refractivity contribution in [1.29, 1.82) is 0 Å². The zero-order chi connectivity index (χ0) is 16.1. The quantitative estimate of drug-likeness (QED) is 0.637. The normalized spacial score (nSPS) is 10.5. The van der Waals surface area contributed by atoms with Gasteiger partial charge in [0.2, 0.25) is 0 Å². The number of aromatic nitrogens is 2. The molecule has 23 heavy (non-hydrogen) atoms. The topological polar surface area (TPSA) is 36.3 Å². The van der Waals surface area contributed by atoms with Gasteiger partial charge in [0.05, 0.1) is 14.2 Å². The molecule has 0 N–H and O–H groups in total. The van der Waals surface area contributed by atoms with Crippen molar-refractivity contribution in [3.05, 3.63) is 66.5 Å². The molecule has 2 aromatic carbocycles. The molecule has 0 amide bonds. The maximum Gasteiger partial charge on any atom is 0.172 e. The van der Waals surface area contributed by atoms with E-state index in [4.69, 9.17) is 9.47 Å². The first-order valence-electron chi connectivity index (χ1n) is 7.23. The Hall–Kier alpha value is -2.40. The second-order valence-electron chi connectivity index (χ2n) is 4.92. The molecule has 0 unspecified atom stereocenters. The third-order valence-electron chi connectivity index (χ3n) is 3.46. The second kappa shape index (κ2) is 7.24. The first kappa shape index (κ1) is 15.5. The molecule has 0 bridgehead atoms. The lowest BCUT2D eigenvalue weighted by Crippen LogP contribution is -1.95. The van der Waals surface area contributed by atoms with Gasteiger partial charge in [0.1, 0.15) is 11.5 Å². The zero-order valence-corrected chi connectivity index (χ0v) is 13.9. The SMILES string of the molecule is COc1ccc(-n2ccnc2SCc2cccc(OC)c2)cc1. The van der Waals surface area contributed by atoms with Crippen LogP contribution in [0.1, 0.15) is 5.56 Å². The molecule has 3 rings (SSSR count). The molecule has 0 saturated heterocycles. The van der Waals surface area contributed by atoms with Crippen molar-refractivity contribution >= 4 is 11.8 Å². The summed E-state index contributed by atoms with van der Waals surface area (Å²) in [6.07, 6.45) is 3.79. The van der Waals surface area contributed by atoms with Crippen LogP contribution in [0.25, 0.3) is 5.69 Å². The van der Waals surface area contributed by atoms with Crippen molar-refractivity contribution in [2.24, 2.45) is 0 Å². The van der Waals surface area contributed by atoms with Crippen LogP contribution in [0.3, 0.4) is 0 Å². The molecule has 0 radical (unpaired) electrons. The van der Waals surface area contributed by atoms with Gasteiger partial charge in [-0.3, -0.25) is 4.57 Å². The number of rotatable bonds is 6. The first-order chi connectivity index (χ1) is 11.3. The largest absolute Gasteiger partial charge is 0.497 e. The van der Waals surface area contributed by atoms with E-state index in [1.54, 1.807) is 26.0 Å². The zero-order valence-electron chi connectivity index (χ0n) is 13.1. The molecule has 0 aliphatic carbocycles. The summed E-state index contributed by atoms with van der Waals surface area (Å²) in [6.45, 7) is 0. The van der Waals surface area contributed by atoms with Gasteiger partial charge < -0.3 is 9.47 Å². The molecule has 0 saturated carbocycles. The van der Waals surface area contributed by atoms with Crippen LogP contribution in [0, 0.1) is 0 Å². The Morgan fingerprint density at radius 2 is 1.78 bits per heavy atom. The van der Waals surface area contributed by atoms with Crippen LogP contribution >= 0.6 is 11.8 Å². The summed E-state index contributed by atoms with van der Waals surface area (Å²) in [6, 6.07) is 16.0. The molecule has 5 heteroatoms. The van der Waals surface area contributed by atoms with Crippen LogP contribution < -0.4 is 9.47 Å². The number of methoxy groups -OCH3 is 2. The molecule has 0 fully saturated rings. The van der Waals surface area contributed by atoms with E-state index in [1.165, 1.54) is 5.56 Å². The van der Waals surface area contributed by atoms with E-state index >= 15 is 0 Å². The highest BCUT2D eigenvalue weighted by Gasteiger charge is 2.07. The third kappa shape index (κ3) is 3.68. The van der Waals surface area contributed by atoms with E-state index in [1.807, 2.05) is 54.9 Å². The summed E-state index contributed by atoms with van der Waals surface area (Å²) < 4.78 is 12.5. The van der Waals surface area contributed by atoms with Crippen molar-refractivity contribution in [2.45, 2.75) is 10.9 Å². The van der Waals surface area contributed by atoms with Gasteiger partial charge >= 0.3 is 0 Å². The van der Waals surface area contributed by atoms with Crippen molar-refractivity contribution in [2.75, 3.05) is 14.2 Å². The second-order valence-corrected chi connectivity index (χ2v) is 5.86. The maximum absolute atomic E-state index is 5.26. The summed E-state index contributed by atoms with van der Waals surface area (Å²) in [5.41, 5.74) is 2.27.